The predicted molar refractivity (Wildman–Crippen MR) is 76.9 cm³/mol. The van der Waals surface area contributed by atoms with Crippen LogP contribution in [0.25, 0.3) is 0 Å². The minimum atomic E-state index is -3.57. The molecule has 5 nitrogen and oxygen atoms in total. The minimum Gasteiger partial charge on any atom is -0.354 e. The van der Waals surface area contributed by atoms with Crippen LogP contribution in [0.3, 0.4) is 0 Å². The quantitative estimate of drug-likeness (QED) is 0.911. The van der Waals surface area contributed by atoms with Crippen LogP contribution < -0.4 is 5.32 Å². The fourth-order valence-electron chi connectivity index (χ4n) is 2.17. The Morgan fingerprint density at radius 2 is 1.95 bits per heavy atom. The molecule has 1 unspecified atom stereocenters. The Hall–Kier alpha value is -1.40. The zero-order chi connectivity index (χ0) is 14.8. The van der Waals surface area contributed by atoms with Crippen molar-refractivity contribution in [2.24, 2.45) is 0 Å². The molecule has 1 aliphatic rings. The Bertz CT molecular complexity index is 581. The number of rotatable bonds is 4. The van der Waals surface area contributed by atoms with Gasteiger partial charge in [-0.1, -0.05) is 26.0 Å². The fraction of sp³-hybridized carbons (Fsp3) is 0.500. The topological polar surface area (TPSA) is 66.5 Å². The van der Waals surface area contributed by atoms with E-state index < -0.39 is 10.0 Å². The van der Waals surface area contributed by atoms with Gasteiger partial charge >= 0.3 is 0 Å². The van der Waals surface area contributed by atoms with E-state index in [0.717, 1.165) is 12.0 Å². The molecule has 0 bridgehead atoms. The summed E-state index contributed by atoms with van der Waals surface area (Å²) >= 11 is 0. The van der Waals surface area contributed by atoms with Crippen molar-refractivity contribution >= 4 is 15.9 Å². The second-order valence-corrected chi connectivity index (χ2v) is 7.00. The molecule has 20 heavy (non-hydrogen) atoms. The van der Waals surface area contributed by atoms with Crippen molar-refractivity contribution in [2.75, 3.05) is 19.6 Å². The lowest BCUT2D eigenvalue weighted by molar-refractivity contribution is -0.122. The molecule has 0 aromatic heterocycles. The Balaban J connectivity index is 2.23. The van der Waals surface area contributed by atoms with Gasteiger partial charge in [-0.15, -0.1) is 0 Å². The minimum absolute atomic E-state index is 0.102. The maximum Gasteiger partial charge on any atom is 0.243 e. The summed E-state index contributed by atoms with van der Waals surface area (Å²) in [6.07, 6.45) is 1.01. The smallest absolute Gasteiger partial charge is 0.243 e. The highest BCUT2D eigenvalue weighted by Crippen LogP contribution is 2.22. The largest absolute Gasteiger partial charge is 0.354 e. The normalized spacial score (nSPS) is 18.6. The van der Waals surface area contributed by atoms with Crippen LogP contribution in [-0.2, 0) is 14.8 Å². The van der Waals surface area contributed by atoms with Crippen molar-refractivity contribution in [3.8, 4) is 0 Å². The van der Waals surface area contributed by atoms with Gasteiger partial charge in [0.05, 0.1) is 11.4 Å². The lowest BCUT2D eigenvalue weighted by Gasteiger charge is -2.26. The van der Waals surface area contributed by atoms with Gasteiger partial charge in [-0.05, 0) is 30.0 Å². The monoisotopic (exact) mass is 296 g/mol. The third-order valence-corrected chi connectivity index (χ3v) is 5.56. The molecular weight excluding hydrogens is 276 g/mol. The van der Waals surface area contributed by atoms with Crippen LogP contribution in [0.1, 0.15) is 31.7 Å². The van der Waals surface area contributed by atoms with Gasteiger partial charge in [0.25, 0.3) is 0 Å². The number of amides is 1. The van der Waals surface area contributed by atoms with Crippen LogP contribution in [0.15, 0.2) is 29.2 Å². The van der Waals surface area contributed by atoms with E-state index in [1.54, 1.807) is 12.1 Å². The first-order valence-corrected chi connectivity index (χ1v) is 8.26. The lowest BCUT2D eigenvalue weighted by atomic mass is 9.99. The van der Waals surface area contributed by atoms with Crippen LogP contribution in [0, 0.1) is 0 Å². The summed E-state index contributed by atoms with van der Waals surface area (Å²) in [7, 11) is -3.57. The highest BCUT2D eigenvalue weighted by Gasteiger charge is 2.28. The average molecular weight is 296 g/mol. The third kappa shape index (κ3) is 3.02. The van der Waals surface area contributed by atoms with E-state index in [1.165, 1.54) is 4.31 Å². The first-order chi connectivity index (χ1) is 9.45. The second-order valence-electron chi connectivity index (χ2n) is 5.07. The van der Waals surface area contributed by atoms with Crippen LogP contribution >= 0.6 is 0 Å². The van der Waals surface area contributed by atoms with E-state index in [2.05, 4.69) is 19.2 Å². The number of carbonyl (C=O) groups excluding carboxylic acids is 1. The molecular formula is C14H20N2O3S. The summed E-state index contributed by atoms with van der Waals surface area (Å²) < 4.78 is 26.1. The van der Waals surface area contributed by atoms with Gasteiger partial charge < -0.3 is 5.32 Å². The van der Waals surface area contributed by atoms with Crippen LogP contribution in [-0.4, -0.2) is 38.3 Å². The molecule has 1 heterocycles. The molecule has 1 fully saturated rings. The van der Waals surface area contributed by atoms with Gasteiger partial charge in [0, 0.05) is 13.1 Å². The van der Waals surface area contributed by atoms with Gasteiger partial charge in [-0.3, -0.25) is 4.79 Å². The fourth-order valence-corrected chi connectivity index (χ4v) is 3.57. The molecule has 1 saturated heterocycles. The average Bonchev–Trinajstić information content (AvgIpc) is 2.46. The number of piperazine rings is 1. The van der Waals surface area contributed by atoms with Crippen molar-refractivity contribution in [1.82, 2.24) is 9.62 Å². The Morgan fingerprint density at radius 1 is 1.30 bits per heavy atom. The maximum atomic E-state index is 12.4. The zero-order valence-electron chi connectivity index (χ0n) is 11.8. The highest BCUT2D eigenvalue weighted by molar-refractivity contribution is 7.89. The number of nitrogens with one attached hydrogen (secondary N) is 1. The highest BCUT2D eigenvalue weighted by atomic mass is 32.2. The standard InChI is InChI=1S/C14H20N2O3S/c1-3-11(2)12-4-6-13(7-5-12)20(18,19)16-9-8-15-14(17)10-16/h4-7,11H,3,8-10H2,1-2H3,(H,15,17). The first kappa shape index (κ1) is 15.0. The molecule has 1 N–H and O–H groups in total. The molecule has 1 aromatic carbocycles. The van der Waals surface area contributed by atoms with Crippen molar-refractivity contribution in [2.45, 2.75) is 31.1 Å². The number of hydrogen-bond acceptors (Lipinski definition) is 3. The molecule has 110 valence electrons. The van der Waals surface area contributed by atoms with E-state index >= 15 is 0 Å². The summed E-state index contributed by atoms with van der Waals surface area (Å²) in [5.41, 5.74) is 1.13. The SMILES string of the molecule is CCC(C)c1ccc(S(=O)(=O)N2CCNC(=O)C2)cc1. The van der Waals surface area contributed by atoms with Gasteiger partial charge in [0.2, 0.25) is 15.9 Å². The number of benzene rings is 1. The summed E-state index contributed by atoms with van der Waals surface area (Å²) in [6.45, 7) is 4.79. The molecule has 0 spiro atoms. The first-order valence-electron chi connectivity index (χ1n) is 6.82. The van der Waals surface area contributed by atoms with Crippen LogP contribution in [0.5, 0.6) is 0 Å². The number of carbonyl (C=O) groups is 1. The van der Waals surface area contributed by atoms with Gasteiger partial charge in [0.1, 0.15) is 0 Å². The molecule has 1 aliphatic heterocycles. The molecule has 1 amide bonds. The number of hydrogen-bond donors (Lipinski definition) is 1. The van der Waals surface area contributed by atoms with Crippen LogP contribution in [0.4, 0.5) is 0 Å². The lowest BCUT2D eigenvalue weighted by Crippen LogP contribution is -2.49. The van der Waals surface area contributed by atoms with Crippen molar-refractivity contribution in [3.63, 3.8) is 0 Å². The third-order valence-electron chi connectivity index (χ3n) is 3.70. The number of nitrogens with zero attached hydrogens (tertiary/aromatic N) is 1. The number of sulfonamides is 1. The maximum absolute atomic E-state index is 12.4. The van der Waals surface area contributed by atoms with Gasteiger partial charge in [-0.25, -0.2) is 8.42 Å². The molecule has 0 saturated carbocycles. The van der Waals surface area contributed by atoms with Crippen molar-refractivity contribution in [3.05, 3.63) is 29.8 Å². The Labute approximate surface area is 120 Å². The summed E-state index contributed by atoms with van der Waals surface area (Å²) in [5, 5.41) is 2.62. The zero-order valence-corrected chi connectivity index (χ0v) is 12.6. The van der Waals surface area contributed by atoms with Crippen molar-refractivity contribution in [1.29, 1.82) is 0 Å². The van der Waals surface area contributed by atoms with E-state index in [1.807, 2.05) is 12.1 Å². The van der Waals surface area contributed by atoms with Gasteiger partial charge in [0.15, 0.2) is 0 Å². The van der Waals surface area contributed by atoms with E-state index in [-0.39, 0.29) is 17.3 Å². The van der Waals surface area contributed by atoms with E-state index in [4.69, 9.17) is 0 Å². The van der Waals surface area contributed by atoms with Crippen molar-refractivity contribution < 1.29 is 13.2 Å². The van der Waals surface area contributed by atoms with E-state index in [9.17, 15) is 13.2 Å². The molecule has 6 heteroatoms. The summed E-state index contributed by atoms with van der Waals surface area (Å²) in [4.78, 5) is 11.6. The van der Waals surface area contributed by atoms with E-state index in [0.29, 0.717) is 19.0 Å². The summed E-state index contributed by atoms with van der Waals surface area (Å²) in [6, 6.07) is 6.96. The molecule has 0 aliphatic carbocycles. The molecule has 2 rings (SSSR count). The predicted octanol–water partition coefficient (Wildman–Crippen LogP) is 1.32. The second kappa shape index (κ2) is 5.93. The Kier molecular flexibility index (Phi) is 4.45. The van der Waals surface area contributed by atoms with Gasteiger partial charge in [-0.2, -0.15) is 4.31 Å². The van der Waals surface area contributed by atoms with Crippen LogP contribution in [0.2, 0.25) is 0 Å². The molecule has 1 aromatic rings. The molecule has 0 radical (unpaired) electrons. The summed E-state index contributed by atoms with van der Waals surface area (Å²) in [5.74, 6) is 0.156. The Morgan fingerprint density at radius 3 is 2.50 bits per heavy atom. The molecule has 1 atom stereocenters.